The second-order valence-electron chi connectivity index (χ2n) is 5.79. The molecule has 0 bridgehead atoms. The van der Waals surface area contributed by atoms with Gasteiger partial charge in [0.2, 0.25) is 11.0 Å². The molecule has 5 nitrogen and oxygen atoms in total. The molecule has 0 radical (unpaired) electrons. The summed E-state index contributed by atoms with van der Waals surface area (Å²) in [4.78, 5) is 15.4. The number of hydrogen-bond donors (Lipinski definition) is 2. The number of anilines is 2. The third-order valence-electron chi connectivity index (χ3n) is 3.62. The van der Waals surface area contributed by atoms with E-state index in [9.17, 15) is 18.0 Å². The van der Waals surface area contributed by atoms with Crippen molar-refractivity contribution in [1.29, 1.82) is 0 Å². The van der Waals surface area contributed by atoms with Gasteiger partial charge in [-0.1, -0.05) is 24.3 Å². The molecule has 0 aliphatic heterocycles. The van der Waals surface area contributed by atoms with Crippen molar-refractivity contribution in [3.63, 3.8) is 0 Å². The Hall–Kier alpha value is -3.20. The lowest BCUT2D eigenvalue weighted by Gasteiger charge is -2.05. The summed E-state index contributed by atoms with van der Waals surface area (Å²) in [6.07, 6.45) is -2.94. The van der Waals surface area contributed by atoms with Crippen LogP contribution in [-0.2, 0) is 11.0 Å². The maximum atomic E-state index is 12.5. The Morgan fingerprint density at radius 2 is 1.79 bits per heavy atom. The number of benzene rings is 2. The Kier molecular flexibility index (Phi) is 5.74. The number of alkyl halides is 3. The van der Waals surface area contributed by atoms with Crippen LogP contribution in [0.2, 0.25) is 0 Å². The molecule has 0 saturated heterocycles. The van der Waals surface area contributed by atoms with E-state index in [1.807, 2.05) is 17.5 Å². The van der Waals surface area contributed by atoms with E-state index < -0.39 is 11.7 Å². The monoisotopic (exact) mass is 404 g/mol. The lowest BCUT2D eigenvalue weighted by atomic mass is 10.1. The quantitative estimate of drug-likeness (QED) is 0.452. The number of hydrogen-bond acceptors (Lipinski definition) is 5. The molecular formula is C19H15F3N4OS. The molecule has 28 heavy (non-hydrogen) atoms. The lowest BCUT2D eigenvalue weighted by molar-refractivity contribution is -0.137. The number of halogens is 3. The van der Waals surface area contributed by atoms with Crippen molar-refractivity contribution in [3.05, 3.63) is 65.0 Å². The fourth-order valence-corrected chi connectivity index (χ4v) is 2.97. The highest BCUT2D eigenvalue weighted by Crippen LogP contribution is 2.29. The Morgan fingerprint density at radius 3 is 2.39 bits per heavy atom. The van der Waals surface area contributed by atoms with Crippen LogP contribution >= 0.6 is 11.3 Å². The van der Waals surface area contributed by atoms with Gasteiger partial charge in [-0.15, -0.1) is 11.3 Å². The van der Waals surface area contributed by atoms with Crippen molar-refractivity contribution in [1.82, 2.24) is 4.98 Å². The van der Waals surface area contributed by atoms with Gasteiger partial charge >= 0.3 is 6.18 Å². The molecule has 0 unspecified atom stereocenters. The zero-order chi connectivity index (χ0) is 20.1. The van der Waals surface area contributed by atoms with Crippen LogP contribution in [-0.4, -0.2) is 17.1 Å². The highest BCUT2D eigenvalue weighted by Gasteiger charge is 2.29. The summed E-state index contributed by atoms with van der Waals surface area (Å²) in [5, 5.41) is 9.09. The highest BCUT2D eigenvalue weighted by molar-refractivity contribution is 7.14. The third-order valence-corrected chi connectivity index (χ3v) is 4.36. The first-order chi connectivity index (χ1) is 13.3. The van der Waals surface area contributed by atoms with Gasteiger partial charge in [0, 0.05) is 23.6 Å². The first-order valence-corrected chi connectivity index (χ1v) is 8.99. The van der Waals surface area contributed by atoms with Gasteiger partial charge in [-0.25, -0.2) is 4.98 Å². The predicted molar refractivity (Wildman–Crippen MR) is 105 cm³/mol. The number of hydrazone groups is 1. The van der Waals surface area contributed by atoms with Gasteiger partial charge in [0.15, 0.2) is 0 Å². The molecule has 3 rings (SSSR count). The van der Waals surface area contributed by atoms with Gasteiger partial charge in [0.25, 0.3) is 0 Å². The van der Waals surface area contributed by atoms with Crippen LogP contribution in [0.25, 0.3) is 11.3 Å². The van der Waals surface area contributed by atoms with E-state index in [-0.39, 0.29) is 5.91 Å². The fraction of sp³-hybridized carbons (Fsp3) is 0.105. The fourth-order valence-electron chi connectivity index (χ4n) is 2.31. The second kappa shape index (κ2) is 8.22. The van der Waals surface area contributed by atoms with Crippen molar-refractivity contribution >= 4 is 34.3 Å². The van der Waals surface area contributed by atoms with E-state index in [2.05, 4.69) is 20.8 Å². The van der Waals surface area contributed by atoms with E-state index in [4.69, 9.17) is 0 Å². The van der Waals surface area contributed by atoms with Gasteiger partial charge in [0.05, 0.1) is 17.5 Å². The summed E-state index contributed by atoms with van der Waals surface area (Å²) < 4.78 is 37.6. The molecule has 0 aliphatic carbocycles. The third kappa shape index (κ3) is 5.17. The molecule has 0 atom stereocenters. The molecular weight excluding hydrogens is 389 g/mol. The Bertz CT molecular complexity index is 980. The first-order valence-electron chi connectivity index (χ1n) is 8.11. The topological polar surface area (TPSA) is 66.4 Å². The Balaban J connectivity index is 1.61. The van der Waals surface area contributed by atoms with E-state index >= 15 is 0 Å². The molecule has 1 heterocycles. The summed E-state index contributed by atoms with van der Waals surface area (Å²) in [5.74, 6) is -0.140. The number of carbonyl (C=O) groups excluding carboxylic acids is 1. The van der Waals surface area contributed by atoms with E-state index in [1.54, 1.807) is 12.1 Å². The summed E-state index contributed by atoms with van der Waals surface area (Å²) in [7, 11) is 0. The predicted octanol–water partition coefficient (Wildman–Crippen LogP) is 5.23. The number of carbonyl (C=O) groups is 1. The van der Waals surface area contributed by atoms with Crippen LogP contribution in [0.3, 0.4) is 0 Å². The number of thiazole rings is 1. The van der Waals surface area contributed by atoms with Gasteiger partial charge in [-0.2, -0.15) is 18.3 Å². The van der Waals surface area contributed by atoms with E-state index in [1.165, 1.54) is 36.6 Å². The van der Waals surface area contributed by atoms with Crippen molar-refractivity contribution in [2.75, 3.05) is 10.7 Å². The molecule has 2 aromatic carbocycles. The molecule has 0 spiro atoms. The SMILES string of the molecule is CC(=O)Nc1ccc(-c2csc(N/N=C\c3ccc(C(F)(F)F)cc3)n2)cc1. The molecule has 0 saturated carbocycles. The highest BCUT2D eigenvalue weighted by atomic mass is 32.1. The van der Waals surface area contributed by atoms with E-state index in [0.29, 0.717) is 16.4 Å². The van der Waals surface area contributed by atoms with Gasteiger partial charge in [0.1, 0.15) is 0 Å². The normalized spacial score (nSPS) is 11.6. The smallest absolute Gasteiger partial charge is 0.326 e. The average Bonchev–Trinajstić information content (AvgIpc) is 3.10. The maximum Gasteiger partial charge on any atom is 0.416 e. The zero-order valence-corrected chi connectivity index (χ0v) is 15.4. The second-order valence-corrected chi connectivity index (χ2v) is 6.64. The van der Waals surface area contributed by atoms with Crippen LogP contribution in [0, 0.1) is 0 Å². The summed E-state index contributed by atoms with van der Waals surface area (Å²) in [5.41, 5.74) is 4.92. The minimum Gasteiger partial charge on any atom is -0.326 e. The summed E-state index contributed by atoms with van der Waals surface area (Å²) >= 11 is 1.35. The number of aromatic nitrogens is 1. The number of rotatable bonds is 5. The van der Waals surface area contributed by atoms with Gasteiger partial charge in [-0.3, -0.25) is 10.2 Å². The summed E-state index contributed by atoms with van der Waals surface area (Å²) in [6, 6.07) is 12.0. The van der Waals surface area contributed by atoms with Crippen molar-refractivity contribution in [2.45, 2.75) is 13.1 Å². The van der Waals surface area contributed by atoms with E-state index in [0.717, 1.165) is 23.4 Å². The molecule has 0 aliphatic rings. The minimum atomic E-state index is -4.36. The molecule has 0 fully saturated rings. The van der Waals surface area contributed by atoms with Gasteiger partial charge < -0.3 is 5.32 Å². The van der Waals surface area contributed by atoms with Crippen LogP contribution in [0.4, 0.5) is 24.0 Å². The standard InChI is InChI=1S/C19H15F3N4OS/c1-12(27)24-16-8-4-14(5-9-16)17-11-28-18(25-17)26-23-10-13-2-6-15(7-3-13)19(20,21)22/h2-11H,1H3,(H,24,27)(H,25,26)/b23-10-. The molecule has 3 aromatic rings. The lowest BCUT2D eigenvalue weighted by Crippen LogP contribution is -2.05. The minimum absolute atomic E-state index is 0.140. The molecule has 1 aromatic heterocycles. The van der Waals surface area contributed by atoms with Crippen molar-refractivity contribution in [2.24, 2.45) is 5.10 Å². The largest absolute Gasteiger partial charge is 0.416 e. The molecule has 9 heteroatoms. The van der Waals surface area contributed by atoms with Crippen LogP contribution in [0.1, 0.15) is 18.1 Å². The Labute approximate surface area is 162 Å². The average molecular weight is 404 g/mol. The van der Waals surface area contributed by atoms with Crippen LogP contribution < -0.4 is 10.7 Å². The maximum absolute atomic E-state index is 12.5. The summed E-state index contributed by atoms with van der Waals surface area (Å²) in [6.45, 7) is 1.44. The molecule has 144 valence electrons. The number of nitrogens with zero attached hydrogens (tertiary/aromatic N) is 2. The van der Waals surface area contributed by atoms with Crippen LogP contribution in [0.5, 0.6) is 0 Å². The number of nitrogens with one attached hydrogen (secondary N) is 2. The zero-order valence-electron chi connectivity index (χ0n) is 14.6. The number of amides is 1. The van der Waals surface area contributed by atoms with Crippen molar-refractivity contribution < 1.29 is 18.0 Å². The van der Waals surface area contributed by atoms with Crippen molar-refractivity contribution in [3.8, 4) is 11.3 Å². The first kappa shape index (κ1) is 19.6. The Morgan fingerprint density at radius 1 is 1.11 bits per heavy atom. The van der Waals surface area contributed by atoms with Gasteiger partial charge in [-0.05, 0) is 29.8 Å². The molecule has 1 amide bonds. The molecule has 2 N–H and O–H groups in total. The van der Waals surface area contributed by atoms with Crippen LogP contribution in [0.15, 0.2) is 59.0 Å².